The highest BCUT2D eigenvalue weighted by atomic mass is 35.5. The van der Waals surface area contributed by atoms with Gasteiger partial charge in [0.15, 0.2) is 5.82 Å². The van der Waals surface area contributed by atoms with Gasteiger partial charge in [-0.05, 0) is 66.0 Å². The topological polar surface area (TPSA) is 147 Å². The summed E-state index contributed by atoms with van der Waals surface area (Å²) in [6.45, 7) is 0.0184. The van der Waals surface area contributed by atoms with Gasteiger partial charge in [0.1, 0.15) is 0 Å². The summed E-state index contributed by atoms with van der Waals surface area (Å²) in [5.74, 6) is -1.34. The Bertz CT molecular complexity index is 1980. The predicted molar refractivity (Wildman–Crippen MR) is 179 cm³/mol. The Morgan fingerprint density at radius 2 is 1.87 bits per heavy atom. The van der Waals surface area contributed by atoms with Crippen molar-refractivity contribution in [2.45, 2.75) is 56.3 Å². The van der Waals surface area contributed by atoms with Crippen LogP contribution in [0.2, 0.25) is 10.0 Å². The van der Waals surface area contributed by atoms with Crippen molar-refractivity contribution in [3.05, 3.63) is 104 Å². The molecule has 15 heteroatoms. The summed E-state index contributed by atoms with van der Waals surface area (Å²) in [7, 11) is -3.60. The van der Waals surface area contributed by atoms with E-state index >= 15 is 0 Å². The number of rotatable bonds is 9. The molecule has 4 aromatic rings. The maximum absolute atomic E-state index is 14.4. The molecule has 2 heterocycles. The maximum Gasteiger partial charge on any atom is 0.295 e. The van der Waals surface area contributed by atoms with Gasteiger partial charge in [0.2, 0.25) is 10.0 Å². The Morgan fingerprint density at radius 1 is 1.09 bits per heavy atom. The molecular formula is C32H31Cl2N5O6S2. The standard InChI is InChI=1S/C32H31Cl2N5O6S2/c1-47(42,43)38-25-11-4-5-12-26(25)39-28(23-14-13-20(33)16-24(23)34)27(21-9-2-3-10-22(21)31(39)41)30(40)37-44-17-18-7-6-8-19(15-18)29-35-32(46)45-36-29/h2-3,6-10,13-16,25-28,38H,4-5,11-12,17H2,1H3,(H,37,40)(H,35,36,46). The minimum atomic E-state index is -3.60. The molecule has 2 amide bonds. The Hall–Kier alpha value is -3.59. The molecular weight excluding hydrogens is 685 g/mol. The summed E-state index contributed by atoms with van der Waals surface area (Å²) in [5.41, 5.74) is 5.40. The Morgan fingerprint density at radius 3 is 2.62 bits per heavy atom. The lowest BCUT2D eigenvalue weighted by Gasteiger charge is -2.49. The van der Waals surface area contributed by atoms with Crippen molar-refractivity contribution in [1.82, 2.24) is 25.2 Å². The van der Waals surface area contributed by atoms with Crippen molar-refractivity contribution < 1.29 is 27.4 Å². The molecule has 2 aliphatic rings. The van der Waals surface area contributed by atoms with Crippen LogP contribution in [-0.4, -0.2) is 53.6 Å². The van der Waals surface area contributed by atoms with Crippen LogP contribution in [0.3, 0.4) is 0 Å². The van der Waals surface area contributed by atoms with E-state index in [1.165, 1.54) is 0 Å². The van der Waals surface area contributed by atoms with Crippen LogP contribution < -0.4 is 10.2 Å². The minimum Gasteiger partial charge on any atom is -0.326 e. The van der Waals surface area contributed by atoms with Crippen LogP contribution in [0.5, 0.6) is 0 Å². The second-order valence-corrected chi connectivity index (χ2v) is 14.6. The van der Waals surface area contributed by atoms with Gasteiger partial charge in [-0.2, -0.15) is 0 Å². The summed E-state index contributed by atoms with van der Waals surface area (Å²) in [4.78, 5) is 39.1. The molecule has 1 fully saturated rings. The van der Waals surface area contributed by atoms with Crippen LogP contribution in [0.1, 0.15) is 64.7 Å². The molecule has 1 saturated carbocycles. The number of hydrogen-bond donors (Lipinski definition) is 3. The Kier molecular flexibility index (Phi) is 9.83. The summed E-state index contributed by atoms with van der Waals surface area (Å²) >= 11 is 18.0. The number of amides is 2. The van der Waals surface area contributed by atoms with Crippen molar-refractivity contribution >= 4 is 57.3 Å². The SMILES string of the molecule is CS(=O)(=O)NC1CCCCC1N1C(=O)c2ccccc2C(C(=O)NOCc2cccc(-c3noc(=S)[nH]3)c2)C1c1ccc(Cl)cc1Cl. The number of carbonyl (C=O) groups excluding carboxylic acids is 2. The molecule has 6 rings (SSSR count). The quantitative estimate of drug-likeness (QED) is 0.139. The van der Waals surface area contributed by atoms with E-state index in [4.69, 9.17) is 44.8 Å². The number of benzene rings is 3. The van der Waals surface area contributed by atoms with Crippen molar-refractivity contribution in [2.24, 2.45) is 0 Å². The molecule has 3 aromatic carbocycles. The van der Waals surface area contributed by atoms with Crippen molar-refractivity contribution in [1.29, 1.82) is 0 Å². The number of aromatic amines is 1. The third-order valence-corrected chi connectivity index (χ3v) is 9.91. The number of nitrogens with one attached hydrogen (secondary N) is 3. The van der Waals surface area contributed by atoms with E-state index in [-0.39, 0.29) is 22.4 Å². The number of sulfonamides is 1. The average Bonchev–Trinajstić information content (AvgIpc) is 3.47. The van der Waals surface area contributed by atoms with Gasteiger partial charge in [0, 0.05) is 33.3 Å². The van der Waals surface area contributed by atoms with Crippen LogP contribution in [0.4, 0.5) is 0 Å². The van der Waals surface area contributed by atoms with Gasteiger partial charge >= 0.3 is 0 Å². The van der Waals surface area contributed by atoms with Gasteiger partial charge in [-0.1, -0.05) is 83.7 Å². The van der Waals surface area contributed by atoms with E-state index in [1.54, 1.807) is 47.4 Å². The lowest BCUT2D eigenvalue weighted by atomic mass is 9.76. The number of fused-ring (bicyclic) bond motifs is 1. The third-order valence-electron chi connectivity index (χ3n) is 8.44. The highest BCUT2D eigenvalue weighted by Crippen LogP contribution is 2.48. The van der Waals surface area contributed by atoms with E-state index in [1.807, 2.05) is 24.3 Å². The van der Waals surface area contributed by atoms with E-state index in [0.29, 0.717) is 40.4 Å². The molecule has 1 aliphatic carbocycles. The van der Waals surface area contributed by atoms with E-state index in [2.05, 4.69) is 20.3 Å². The van der Waals surface area contributed by atoms with E-state index in [9.17, 15) is 18.0 Å². The summed E-state index contributed by atoms with van der Waals surface area (Å²) < 4.78 is 32.5. The number of aromatic nitrogens is 2. The van der Waals surface area contributed by atoms with Crippen LogP contribution in [-0.2, 0) is 26.3 Å². The van der Waals surface area contributed by atoms with Crippen LogP contribution in [0.25, 0.3) is 11.4 Å². The van der Waals surface area contributed by atoms with Crippen molar-refractivity contribution in [3.8, 4) is 11.4 Å². The Labute approximate surface area is 286 Å². The first-order chi connectivity index (χ1) is 22.5. The van der Waals surface area contributed by atoms with E-state index < -0.39 is 40.0 Å². The number of hydroxylamine groups is 1. The summed E-state index contributed by atoms with van der Waals surface area (Å²) in [6.07, 6.45) is 3.72. The molecule has 246 valence electrons. The number of hydrogen-bond acceptors (Lipinski definition) is 8. The molecule has 4 atom stereocenters. The zero-order chi connectivity index (χ0) is 33.3. The summed E-state index contributed by atoms with van der Waals surface area (Å²) in [6, 6.07) is 17.1. The Balaban J connectivity index is 1.36. The zero-order valence-corrected chi connectivity index (χ0v) is 28.3. The zero-order valence-electron chi connectivity index (χ0n) is 25.1. The summed E-state index contributed by atoms with van der Waals surface area (Å²) in [5, 5.41) is 4.57. The average molecular weight is 717 g/mol. The third kappa shape index (κ3) is 7.30. The molecule has 3 N–H and O–H groups in total. The monoisotopic (exact) mass is 715 g/mol. The van der Waals surface area contributed by atoms with E-state index in [0.717, 1.165) is 30.2 Å². The smallest absolute Gasteiger partial charge is 0.295 e. The fraction of sp³-hybridized carbons (Fsp3) is 0.312. The van der Waals surface area contributed by atoms with Gasteiger partial charge in [-0.25, -0.2) is 18.6 Å². The first kappa shape index (κ1) is 33.3. The highest BCUT2D eigenvalue weighted by molar-refractivity contribution is 7.88. The molecule has 0 radical (unpaired) electrons. The predicted octanol–water partition coefficient (Wildman–Crippen LogP) is 6.10. The van der Waals surface area contributed by atoms with Crippen LogP contribution in [0, 0.1) is 4.84 Å². The molecule has 0 bridgehead atoms. The van der Waals surface area contributed by atoms with Crippen LogP contribution >= 0.6 is 35.4 Å². The largest absolute Gasteiger partial charge is 0.326 e. The molecule has 1 aromatic heterocycles. The second-order valence-electron chi connectivity index (χ2n) is 11.6. The fourth-order valence-corrected chi connectivity index (χ4v) is 8.02. The number of nitrogens with zero attached hydrogens (tertiary/aromatic N) is 2. The lowest BCUT2D eigenvalue weighted by Crippen LogP contribution is -2.59. The van der Waals surface area contributed by atoms with Crippen molar-refractivity contribution in [2.75, 3.05) is 6.26 Å². The van der Waals surface area contributed by atoms with Gasteiger partial charge < -0.3 is 9.42 Å². The second kappa shape index (κ2) is 13.9. The normalized spacial score (nSPS) is 21.3. The molecule has 4 unspecified atom stereocenters. The van der Waals surface area contributed by atoms with Gasteiger partial charge in [0.05, 0.1) is 24.8 Å². The molecule has 11 nitrogen and oxygen atoms in total. The fourth-order valence-electron chi connectivity index (χ4n) is 6.54. The van der Waals surface area contributed by atoms with Crippen LogP contribution in [0.15, 0.2) is 71.3 Å². The van der Waals surface area contributed by atoms with Gasteiger partial charge in [-0.3, -0.25) is 19.4 Å². The van der Waals surface area contributed by atoms with Crippen molar-refractivity contribution in [3.63, 3.8) is 0 Å². The number of halogens is 2. The molecule has 0 spiro atoms. The highest BCUT2D eigenvalue weighted by Gasteiger charge is 2.49. The molecule has 0 saturated heterocycles. The first-order valence-electron chi connectivity index (χ1n) is 14.9. The number of H-pyrrole nitrogens is 1. The number of carbonyl (C=O) groups is 2. The molecule has 47 heavy (non-hydrogen) atoms. The maximum atomic E-state index is 14.4. The lowest BCUT2D eigenvalue weighted by molar-refractivity contribution is -0.138. The van der Waals surface area contributed by atoms with Gasteiger partial charge in [-0.15, -0.1) is 0 Å². The minimum absolute atomic E-state index is 0.0184. The first-order valence-corrected chi connectivity index (χ1v) is 18.0. The molecule has 1 aliphatic heterocycles. The van der Waals surface area contributed by atoms with Gasteiger partial charge in [0.25, 0.3) is 16.7 Å².